The molecule has 0 aliphatic rings. The van der Waals surface area contributed by atoms with Gasteiger partial charge in [-0.15, -0.1) is 0 Å². The van der Waals surface area contributed by atoms with Crippen LogP contribution < -0.4 is 5.32 Å². The number of carbonyl (C=O) groups excluding carboxylic acids is 1. The first kappa shape index (κ1) is 14.9. The van der Waals surface area contributed by atoms with Crippen LogP contribution in [0.1, 0.15) is 31.4 Å². The van der Waals surface area contributed by atoms with Crippen LogP contribution in [0.4, 0.5) is 0 Å². The van der Waals surface area contributed by atoms with Crippen LogP contribution in [0, 0.1) is 11.3 Å². The predicted molar refractivity (Wildman–Crippen MR) is 74.1 cm³/mol. The first-order valence-corrected chi connectivity index (χ1v) is 6.18. The highest BCUT2D eigenvalue weighted by atomic mass is 16.3. The lowest BCUT2D eigenvalue weighted by molar-refractivity contribution is -0.117. The standard InChI is InChI=1S/C15H18N2O2/c1-11(8-12(2)18)17-15(19)7-6-13-4-3-5-14(9-13)10-16/h3-7,9,11-12,18H,8H2,1-2H3,(H,17,19)/b7-6+. The van der Waals surface area contributed by atoms with Gasteiger partial charge >= 0.3 is 0 Å². The van der Waals surface area contributed by atoms with Gasteiger partial charge in [0.1, 0.15) is 0 Å². The van der Waals surface area contributed by atoms with Crippen molar-refractivity contribution in [2.75, 3.05) is 0 Å². The van der Waals surface area contributed by atoms with E-state index in [-0.39, 0.29) is 11.9 Å². The smallest absolute Gasteiger partial charge is 0.244 e. The maximum atomic E-state index is 11.6. The van der Waals surface area contributed by atoms with Crippen LogP contribution in [0.25, 0.3) is 6.08 Å². The summed E-state index contributed by atoms with van der Waals surface area (Å²) in [4.78, 5) is 11.6. The van der Waals surface area contributed by atoms with Gasteiger partial charge in [0.15, 0.2) is 0 Å². The Kier molecular flexibility index (Phi) is 5.77. The zero-order valence-corrected chi connectivity index (χ0v) is 11.1. The summed E-state index contributed by atoms with van der Waals surface area (Å²) in [6, 6.07) is 8.98. The van der Waals surface area contributed by atoms with Crippen molar-refractivity contribution in [3.05, 3.63) is 41.5 Å². The quantitative estimate of drug-likeness (QED) is 0.791. The highest BCUT2D eigenvalue weighted by molar-refractivity contribution is 5.91. The molecule has 2 unspecified atom stereocenters. The normalized spacial score (nSPS) is 13.8. The Bertz CT molecular complexity index is 501. The fourth-order valence-electron chi connectivity index (χ4n) is 1.75. The summed E-state index contributed by atoms with van der Waals surface area (Å²) >= 11 is 0. The van der Waals surface area contributed by atoms with Crippen LogP contribution in [0.2, 0.25) is 0 Å². The summed E-state index contributed by atoms with van der Waals surface area (Å²) in [5, 5.41) is 20.7. The molecule has 2 atom stereocenters. The maximum Gasteiger partial charge on any atom is 0.244 e. The molecular weight excluding hydrogens is 240 g/mol. The molecule has 0 radical (unpaired) electrons. The maximum absolute atomic E-state index is 11.6. The molecule has 1 aromatic rings. The van der Waals surface area contributed by atoms with E-state index in [4.69, 9.17) is 5.26 Å². The average Bonchev–Trinajstić information content (AvgIpc) is 2.35. The Morgan fingerprint density at radius 3 is 2.89 bits per heavy atom. The largest absolute Gasteiger partial charge is 0.393 e. The SMILES string of the molecule is CC(O)CC(C)NC(=O)/C=C/c1cccc(C#N)c1. The van der Waals surface area contributed by atoms with Crippen molar-refractivity contribution < 1.29 is 9.90 Å². The minimum Gasteiger partial charge on any atom is -0.393 e. The average molecular weight is 258 g/mol. The van der Waals surface area contributed by atoms with Gasteiger partial charge in [-0.1, -0.05) is 12.1 Å². The zero-order valence-electron chi connectivity index (χ0n) is 11.1. The molecule has 0 fully saturated rings. The number of amides is 1. The number of rotatable bonds is 5. The van der Waals surface area contributed by atoms with Crippen molar-refractivity contribution in [2.24, 2.45) is 0 Å². The summed E-state index contributed by atoms with van der Waals surface area (Å²) in [5.41, 5.74) is 1.36. The van der Waals surface area contributed by atoms with Crippen molar-refractivity contribution in [1.29, 1.82) is 5.26 Å². The molecule has 0 saturated carbocycles. The molecule has 2 N–H and O–H groups in total. The first-order valence-electron chi connectivity index (χ1n) is 6.18. The van der Waals surface area contributed by atoms with E-state index in [0.717, 1.165) is 5.56 Å². The van der Waals surface area contributed by atoms with Crippen molar-refractivity contribution in [2.45, 2.75) is 32.4 Å². The van der Waals surface area contributed by atoms with Gasteiger partial charge in [0, 0.05) is 12.1 Å². The van der Waals surface area contributed by atoms with E-state index in [2.05, 4.69) is 5.32 Å². The van der Waals surface area contributed by atoms with Gasteiger partial charge in [0.2, 0.25) is 5.91 Å². The molecule has 0 aliphatic carbocycles. The van der Waals surface area contributed by atoms with E-state index in [9.17, 15) is 9.90 Å². The fourth-order valence-corrected chi connectivity index (χ4v) is 1.75. The molecular formula is C15H18N2O2. The van der Waals surface area contributed by atoms with Gasteiger partial charge in [-0.3, -0.25) is 4.79 Å². The lowest BCUT2D eigenvalue weighted by Crippen LogP contribution is -2.33. The molecule has 4 nitrogen and oxygen atoms in total. The minimum absolute atomic E-state index is 0.0809. The zero-order chi connectivity index (χ0) is 14.3. The van der Waals surface area contributed by atoms with Crippen LogP contribution in [-0.4, -0.2) is 23.2 Å². The minimum atomic E-state index is -0.438. The number of nitrogens with zero attached hydrogens (tertiary/aromatic N) is 1. The number of aliphatic hydroxyl groups is 1. The Balaban J connectivity index is 2.56. The number of nitriles is 1. The highest BCUT2D eigenvalue weighted by Crippen LogP contribution is 2.06. The molecule has 19 heavy (non-hydrogen) atoms. The lowest BCUT2D eigenvalue weighted by Gasteiger charge is -2.13. The third kappa shape index (κ3) is 5.84. The van der Waals surface area contributed by atoms with Crippen molar-refractivity contribution in [3.8, 4) is 6.07 Å². The van der Waals surface area contributed by atoms with Crippen LogP contribution in [-0.2, 0) is 4.79 Å². The molecule has 1 amide bonds. The number of hydrogen-bond donors (Lipinski definition) is 2. The molecule has 0 heterocycles. The van der Waals surface area contributed by atoms with E-state index in [1.165, 1.54) is 6.08 Å². The molecule has 0 bridgehead atoms. The van der Waals surface area contributed by atoms with Crippen LogP contribution in [0.3, 0.4) is 0 Å². The topological polar surface area (TPSA) is 73.1 Å². The second kappa shape index (κ2) is 7.34. The Morgan fingerprint density at radius 2 is 2.26 bits per heavy atom. The number of aliphatic hydroxyl groups excluding tert-OH is 1. The second-order valence-corrected chi connectivity index (χ2v) is 4.56. The number of benzene rings is 1. The molecule has 1 aromatic carbocycles. The van der Waals surface area contributed by atoms with E-state index in [0.29, 0.717) is 12.0 Å². The third-order valence-electron chi connectivity index (χ3n) is 2.53. The van der Waals surface area contributed by atoms with Gasteiger partial charge in [-0.2, -0.15) is 5.26 Å². The summed E-state index contributed by atoms with van der Waals surface area (Å²) in [6.45, 7) is 3.53. The third-order valence-corrected chi connectivity index (χ3v) is 2.53. The van der Waals surface area contributed by atoms with Crippen molar-refractivity contribution in [1.82, 2.24) is 5.32 Å². The van der Waals surface area contributed by atoms with Gasteiger partial charge < -0.3 is 10.4 Å². The van der Waals surface area contributed by atoms with Gasteiger partial charge in [0.25, 0.3) is 0 Å². The number of hydrogen-bond acceptors (Lipinski definition) is 3. The van der Waals surface area contributed by atoms with Crippen molar-refractivity contribution in [3.63, 3.8) is 0 Å². The summed E-state index contributed by atoms with van der Waals surface area (Å²) in [5.74, 6) is -0.212. The summed E-state index contributed by atoms with van der Waals surface area (Å²) in [7, 11) is 0. The number of carbonyl (C=O) groups is 1. The van der Waals surface area contributed by atoms with Gasteiger partial charge in [-0.05, 0) is 44.0 Å². The Hall–Kier alpha value is -2.12. The molecule has 0 saturated heterocycles. The Labute approximate surface area is 113 Å². The van der Waals surface area contributed by atoms with Crippen LogP contribution in [0.15, 0.2) is 30.3 Å². The molecule has 100 valence electrons. The first-order chi connectivity index (χ1) is 9.01. The molecule has 0 aliphatic heterocycles. The monoisotopic (exact) mass is 258 g/mol. The van der Waals surface area contributed by atoms with E-state index in [1.807, 2.05) is 19.1 Å². The number of nitrogens with one attached hydrogen (secondary N) is 1. The van der Waals surface area contributed by atoms with Crippen molar-refractivity contribution >= 4 is 12.0 Å². The second-order valence-electron chi connectivity index (χ2n) is 4.56. The van der Waals surface area contributed by atoms with Crippen LogP contribution in [0.5, 0.6) is 0 Å². The molecule has 0 spiro atoms. The Morgan fingerprint density at radius 1 is 1.53 bits per heavy atom. The lowest BCUT2D eigenvalue weighted by atomic mass is 10.1. The summed E-state index contributed by atoms with van der Waals surface area (Å²) < 4.78 is 0. The van der Waals surface area contributed by atoms with Gasteiger partial charge in [-0.25, -0.2) is 0 Å². The fraction of sp³-hybridized carbons (Fsp3) is 0.333. The predicted octanol–water partition coefficient (Wildman–Crippen LogP) is 1.85. The van der Waals surface area contributed by atoms with E-state index in [1.54, 1.807) is 31.2 Å². The van der Waals surface area contributed by atoms with Gasteiger partial charge in [0.05, 0.1) is 17.7 Å². The van der Waals surface area contributed by atoms with Crippen LogP contribution >= 0.6 is 0 Å². The molecule has 1 rings (SSSR count). The highest BCUT2D eigenvalue weighted by Gasteiger charge is 2.07. The van der Waals surface area contributed by atoms with E-state index >= 15 is 0 Å². The summed E-state index contributed by atoms with van der Waals surface area (Å²) in [6.07, 6.45) is 3.16. The van der Waals surface area contributed by atoms with E-state index < -0.39 is 6.10 Å². The molecule has 4 heteroatoms. The molecule has 0 aromatic heterocycles.